The lowest BCUT2D eigenvalue weighted by molar-refractivity contribution is 0.102. The average molecular weight is 318 g/mol. The highest BCUT2D eigenvalue weighted by Gasteiger charge is 2.10. The maximum atomic E-state index is 12.2. The van der Waals surface area contributed by atoms with Crippen molar-refractivity contribution in [1.82, 2.24) is 0 Å². The van der Waals surface area contributed by atoms with Crippen LogP contribution in [-0.4, -0.2) is 5.91 Å². The monoisotopic (exact) mass is 317 g/mol. The molecule has 0 radical (unpaired) electrons. The first-order valence-electron chi connectivity index (χ1n) is 6.12. The van der Waals surface area contributed by atoms with Gasteiger partial charge in [-0.3, -0.25) is 4.79 Å². The molecule has 0 fully saturated rings. The first-order chi connectivity index (χ1) is 8.97. The fourth-order valence-electron chi connectivity index (χ4n) is 2.19. The molecule has 0 unspecified atom stereocenters. The molecule has 0 heterocycles. The van der Waals surface area contributed by atoms with Crippen LogP contribution in [-0.2, 0) is 0 Å². The van der Waals surface area contributed by atoms with Crippen molar-refractivity contribution in [2.75, 3.05) is 5.32 Å². The largest absolute Gasteiger partial charge is 0.322 e. The molecular formula is C16H16BrNO. The minimum Gasteiger partial charge on any atom is -0.322 e. The molecule has 2 nitrogen and oxygen atoms in total. The third-order valence-corrected chi connectivity index (χ3v) is 3.50. The molecule has 0 saturated carbocycles. The van der Waals surface area contributed by atoms with Crippen LogP contribution >= 0.6 is 15.9 Å². The molecule has 98 valence electrons. The van der Waals surface area contributed by atoms with Crippen LogP contribution < -0.4 is 5.32 Å². The lowest BCUT2D eigenvalue weighted by Gasteiger charge is -2.13. The standard InChI is InChI=1S/C16H16BrNO/c1-10-7-11(2)15(12(3)8-10)18-16(19)13-5-4-6-14(17)9-13/h4-9H,1-3H3,(H,18,19). The molecule has 19 heavy (non-hydrogen) atoms. The summed E-state index contributed by atoms with van der Waals surface area (Å²) >= 11 is 3.37. The van der Waals surface area contributed by atoms with E-state index in [0.29, 0.717) is 5.56 Å². The molecule has 0 aliphatic carbocycles. The Bertz CT molecular complexity index is 611. The first-order valence-corrected chi connectivity index (χ1v) is 6.91. The van der Waals surface area contributed by atoms with Crippen molar-refractivity contribution in [3.63, 3.8) is 0 Å². The summed E-state index contributed by atoms with van der Waals surface area (Å²) in [6.07, 6.45) is 0. The van der Waals surface area contributed by atoms with Crippen molar-refractivity contribution in [3.05, 3.63) is 63.1 Å². The van der Waals surface area contributed by atoms with Gasteiger partial charge in [0, 0.05) is 15.7 Å². The summed E-state index contributed by atoms with van der Waals surface area (Å²) in [6.45, 7) is 6.08. The summed E-state index contributed by atoms with van der Waals surface area (Å²) in [5, 5.41) is 2.99. The summed E-state index contributed by atoms with van der Waals surface area (Å²) in [7, 11) is 0. The van der Waals surface area contributed by atoms with Crippen LogP contribution in [0.25, 0.3) is 0 Å². The normalized spacial score (nSPS) is 10.3. The van der Waals surface area contributed by atoms with Gasteiger partial charge in [-0.15, -0.1) is 0 Å². The average Bonchev–Trinajstić information content (AvgIpc) is 2.33. The van der Waals surface area contributed by atoms with E-state index in [4.69, 9.17) is 0 Å². The van der Waals surface area contributed by atoms with Gasteiger partial charge in [-0.1, -0.05) is 39.7 Å². The van der Waals surface area contributed by atoms with E-state index >= 15 is 0 Å². The zero-order valence-corrected chi connectivity index (χ0v) is 12.8. The van der Waals surface area contributed by atoms with Gasteiger partial charge in [-0.05, 0) is 50.1 Å². The van der Waals surface area contributed by atoms with Gasteiger partial charge >= 0.3 is 0 Å². The van der Waals surface area contributed by atoms with Crippen LogP contribution in [0.3, 0.4) is 0 Å². The predicted octanol–water partition coefficient (Wildman–Crippen LogP) is 4.63. The smallest absolute Gasteiger partial charge is 0.255 e. The van der Waals surface area contributed by atoms with Crippen molar-refractivity contribution in [3.8, 4) is 0 Å². The Morgan fingerprint density at radius 3 is 2.26 bits per heavy atom. The van der Waals surface area contributed by atoms with E-state index in [1.807, 2.05) is 32.0 Å². The highest BCUT2D eigenvalue weighted by Crippen LogP contribution is 2.23. The summed E-state index contributed by atoms with van der Waals surface area (Å²) in [5.41, 5.74) is 4.92. The van der Waals surface area contributed by atoms with Crippen molar-refractivity contribution >= 4 is 27.5 Å². The summed E-state index contributed by atoms with van der Waals surface area (Å²) in [6, 6.07) is 11.5. The van der Waals surface area contributed by atoms with Crippen molar-refractivity contribution < 1.29 is 4.79 Å². The van der Waals surface area contributed by atoms with Gasteiger partial charge in [-0.2, -0.15) is 0 Å². The highest BCUT2D eigenvalue weighted by molar-refractivity contribution is 9.10. The Labute approximate surface area is 122 Å². The number of carbonyl (C=O) groups is 1. The molecule has 0 aromatic heterocycles. The molecule has 2 aromatic rings. The minimum atomic E-state index is -0.0867. The van der Waals surface area contributed by atoms with Gasteiger partial charge in [0.2, 0.25) is 0 Å². The number of anilines is 1. The van der Waals surface area contributed by atoms with Gasteiger partial charge in [0.1, 0.15) is 0 Å². The van der Waals surface area contributed by atoms with E-state index in [9.17, 15) is 4.79 Å². The zero-order valence-electron chi connectivity index (χ0n) is 11.3. The molecule has 0 saturated heterocycles. The number of benzene rings is 2. The number of carbonyl (C=O) groups excluding carboxylic acids is 1. The number of halogens is 1. The second-order valence-corrected chi connectivity index (χ2v) is 5.65. The molecule has 3 heteroatoms. The van der Waals surface area contributed by atoms with Crippen LogP contribution in [0.1, 0.15) is 27.0 Å². The van der Waals surface area contributed by atoms with E-state index in [2.05, 4.69) is 40.3 Å². The Kier molecular flexibility index (Phi) is 4.05. The van der Waals surface area contributed by atoms with E-state index in [1.54, 1.807) is 6.07 Å². The molecular weight excluding hydrogens is 302 g/mol. The van der Waals surface area contributed by atoms with E-state index < -0.39 is 0 Å². The van der Waals surface area contributed by atoms with Gasteiger partial charge in [0.15, 0.2) is 0 Å². The third-order valence-electron chi connectivity index (χ3n) is 3.00. The Morgan fingerprint density at radius 2 is 1.68 bits per heavy atom. The fraction of sp³-hybridized carbons (Fsp3) is 0.188. The second kappa shape index (κ2) is 5.57. The maximum absolute atomic E-state index is 12.2. The predicted molar refractivity (Wildman–Crippen MR) is 82.7 cm³/mol. The Hall–Kier alpha value is -1.61. The van der Waals surface area contributed by atoms with Crippen LogP contribution in [0.2, 0.25) is 0 Å². The number of nitrogens with one attached hydrogen (secondary N) is 1. The molecule has 0 bridgehead atoms. The second-order valence-electron chi connectivity index (χ2n) is 4.74. The summed E-state index contributed by atoms with van der Waals surface area (Å²) < 4.78 is 0.900. The van der Waals surface area contributed by atoms with Gasteiger partial charge < -0.3 is 5.32 Å². The lowest BCUT2D eigenvalue weighted by atomic mass is 10.0. The summed E-state index contributed by atoms with van der Waals surface area (Å²) in [4.78, 5) is 12.2. The van der Waals surface area contributed by atoms with Crippen LogP contribution in [0, 0.1) is 20.8 Å². The number of aryl methyl sites for hydroxylation is 3. The highest BCUT2D eigenvalue weighted by atomic mass is 79.9. The summed E-state index contributed by atoms with van der Waals surface area (Å²) in [5.74, 6) is -0.0867. The van der Waals surface area contributed by atoms with Gasteiger partial charge in [0.05, 0.1) is 0 Å². The maximum Gasteiger partial charge on any atom is 0.255 e. The molecule has 0 aliphatic rings. The van der Waals surface area contributed by atoms with Crippen molar-refractivity contribution in [2.24, 2.45) is 0 Å². The number of amides is 1. The zero-order chi connectivity index (χ0) is 14.0. The fourth-order valence-corrected chi connectivity index (χ4v) is 2.59. The lowest BCUT2D eigenvalue weighted by Crippen LogP contribution is -2.13. The first kappa shape index (κ1) is 13.8. The van der Waals surface area contributed by atoms with Crippen LogP contribution in [0.4, 0.5) is 5.69 Å². The van der Waals surface area contributed by atoms with Gasteiger partial charge in [-0.25, -0.2) is 0 Å². The molecule has 1 N–H and O–H groups in total. The minimum absolute atomic E-state index is 0.0867. The quantitative estimate of drug-likeness (QED) is 0.859. The Morgan fingerprint density at radius 1 is 1.05 bits per heavy atom. The van der Waals surface area contributed by atoms with Crippen molar-refractivity contribution in [1.29, 1.82) is 0 Å². The Balaban J connectivity index is 2.29. The molecule has 0 spiro atoms. The van der Waals surface area contributed by atoms with E-state index in [0.717, 1.165) is 21.3 Å². The van der Waals surface area contributed by atoms with Crippen molar-refractivity contribution in [2.45, 2.75) is 20.8 Å². The molecule has 2 aromatic carbocycles. The molecule has 0 aliphatic heterocycles. The molecule has 0 atom stereocenters. The van der Waals surface area contributed by atoms with Crippen LogP contribution in [0.5, 0.6) is 0 Å². The third kappa shape index (κ3) is 3.24. The van der Waals surface area contributed by atoms with E-state index in [1.165, 1.54) is 5.56 Å². The molecule has 2 rings (SSSR count). The number of hydrogen-bond donors (Lipinski definition) is 1. The van der Waals surface area contributed by atoms with E-state index in [-0.39, 0.29) is 5.91 Å². The van der Waals surface area contributed by atoms with Crippen LogP contribution in [0.15, 0.2) is 40.9 Å². The number of rotatable bonds is 2. The topological polar surface area (TPSA) is 29.1 Å². The van der Waals surface area contributed by atoms with Gasteiger partial charge in [0.25, 0.3) is 5.91 Å². The number of hydrogen-bond acceptors (Lipinski definition) is 1. The molecule has 1 amide bonds. The SMILES string of the molecule is Cc1cc(C)c(NC(=O)c2cccc(Br)c2)c(C)c1.